The number of carbonyl (C=O) groups excluding carboxylic acids is 1. The maximum Gasteiger partial charge on any atom is 0.311 e. The number of hydrogen-bond acceptors (Lipinski definition) is 17. The van der Waals surface area contributed by atoms with Gasteiger partial charge < -0.3 is 68.8 Å². The van der Waals surface area contributed by atoms with E-state index in [1.165, 1.54) is 14.0 Å². The van der Waals surface area contributed by atoms with Gasteiger partial charge in [0.1, 0.15) is 36.6 Å². The number of aliphatic hydroxyl groups is 6. The highest BCUT2D eigenvalue weighted by molar-refractivity contribution is 5.88. The Kier molecular flexibility index (Phi) is 19.2. The quantitative estimate of drug-likeness (QED) is 0.0508. The maximum atomic E-state index is 14.3. The van der Waals surface area contributed by atoms with Gasteiger partial charge in [-0.15, -0.1) is 12.3 Å². The van der Waals surface area contributed by atoms with Crippen LogP contribution in [0.1, 0.15) is 94.4 Å². The Balaban J connectivity index is 2.24. The van der Waals surface area contributed by atoms with Crippen molar-refractivity contribution < 1.29 is 68.7 Å². The number of rotatable bonds is 13. The van der Waals surface area contributed by atoms with E-state index in [0.29, 0.717) is 25.9 Å². The second kappa shape index (κ2) is 22.1. The van der Waals surface area contributed by atoms with Crippen LogP contribution in [0.5, 0.6) is 0 Å². The number of esters is 1. The SMILES string of the molecule is C#CCCN(C)[C@H]1C[C@@H](C)OC(O[C@@H]2[C@@H](C)[C@H](OC3C[C@@](C)(OC)[C@@H](O)[C@H](C)O3)[C@@H](C)C(=O)O[C@H](CC)[C@@](C)(O)[C@H](O)[C@@H](C)C(=NOCCN(C)C)[C@H](C)CC2(O)O)[C@H]1O. The Morgan fingerprint density at radius 1 is 0.933 bits per heavy atom. The summed E-state index contributed by atoms with van der Waals surface area (Å²) in [5.74, 6) is -5.00. The highest BCUT2D eigenvalue weighted by Crippen LogP contribution is 2.40. The minimum absolute atomic E-state index is 0.0314. The maximum absolute atomic E-state index is 14.3. The van der Waals surface area contributed by atoms with Crippen LogP contribution in [-0.2, 0) is 38.1 Å². The van der Waals surface area contributed by atoms with Gasteiger partial charge in [0.25, 0.3) is 0 Å². The van der Waals surface area contributed by atoms with Crippen LogP contribution in [0.15, 0.2) is 5.16 Å². The number of methoxy groups -OCH3 is 1. The van der Waals surface area contributed by atoms with Crippen LogP contribution in [0.4, 0.5) is 0 Å². The number of nitrogens with zero attached hydrogens (tertiary/aromatic N) is 3. The number of hydrogen-bond donors (Lipinski definition) is 6. The summed E-state index contributed by atoms with van der Waals surface area (Å²) in [5, 5.41) is 75.8. The summed E-state index contributed by atoms with van der Waals surface area (Å²) < 4.78 is 37.3. The first kappa shape index (κ1) is 52.3. The van der Waals surface area contributed by atoms with Crippen LogP contribution < -0.4 is 0 Å². The third-order valence-electron chi connectivity index (χ3n) is 12.9. The van der Waals surface area contributed by atoms with E-state index in [9.17, 15) is 35.4 Å². The van der Waals surface area contributed by atoms with Crippen LogP contribution in [0, 0.1) is 36.0 Å². The van der Waals surface area contributed by atoms with Gasteiger partial charge in [0, 0.05) is 63.3 Å². The first-order valence-electron chi connectivity index (χ1n) is 21.4. The number of carbonyl (C=O) groups is 1. The summed E-state index contributed by atoms with van der Waals surface area (Å²) in [4.78, 5) is 23.9. The van der Waals surface area contributed by atoms with Crippen molar-refractivity contribution in [3.8, 4) is 12.3 Å². The molecule has 0 saturated carbocycles. The average Bonchev–Trinajstić information content (AvgIpc) is 3.17. The topological polar surface area (TPSA) is 222 Å². The Morgan fingerprint density at radius 3 is 2.17 bits per heavy atom. The molecule has 2 unspecified atom stereocenters. The third kappa shape index (κ3) is 12.6. The van der Waals surface area contributed by atoms with Crippen LogP contribution in [0.25, 0.3) is 0 Å². The minimum atomic E-state index is -2.76. The lowest BCUT2D eigenvalue weighted by molar-refractivity contribution is -0.345. The van der Waals surface area contributed by atoms with Crippen LogP contribution in [-0.4, -0.2) is 185 Å². The number of aliphatic hydroxyl groups excluding tert-OH is 3. The molecule has 3 saturated heterocycles. The lowest BCUT2D eigenvalue weighted by Gasteiger charge is -2.48. The van der Waals surface area contributed by atoms with E-state index in [4.69, 9.17) is 39.7 Å². The molecule has 348 valence electrons. The predicted octanol–water partition coefficient (Wildman–Crippen LogP) is 1.47. The average molecular weight is 860 g/mol. The van der Waals surface area contributed by atoms with Gasteiger partial charge in [0.05, 0.1) is 41.6 Å². The molecule has 3 fully saturated rings. The van der Waals surface area contributed by atoms with E-state index in [2.05, 4.69) is 11.1 Å². The molecule has 0 spiro atoms. The van der Waals surface area contributed by atoms with Gasteiger partial charge in [-0.1, -0.05) is 32.9 Å². The molecule has 0 aromatic carbocycles. The Labute approximate surface area is 357 Å². The fourth-order valence-corrected chi connectivity index (χ4v) is 8.92. The van der Waals surface area contributed by atoms with Crippen molar-refractivity contribution in [1.29, 1.82) is 0 Å². The zero-order chi connectivity index (χ0) is 45.5. The first-order chi connectivity index (χ1) is 27.9. The molecule has 0 aliphatic carbocycles. The number of oxime groups is 1. The monoisotopic (exact) mass is 860 g/mol. The Morgan fingerprint density at radius 2 is 1.58 bits per heavy atom. The lowest BCUT2D eigenvalue weighted by atomic mass is 9.76. The number of terminal acetylenes is 1. The smallest absolute Gasteiger partial charge is 0.311 e. The van der Waals surface area contributed by atoms with Crippen LogP contribution in [0.3, 0.4) is 0 Å². The zero-order valence-electron chi connectivity index (χ0n) is 38.2. The predicted molar refractivity (Wildman–Crippen MR) is 222 cm³/mol. The third-order valence-corrected chi connectivity index (χ3v) is 12.9. The summed E-state index contributed by atoms with van der Waals surface area (Å²) in [7, 11) is 7.03. The lowest BCUT2D eigenvalue weighted by Crippen LogP contribution is -2.62. The van der Waals surface area contributed by atoms with E-state index >= 15 is 0 Å². The van der Waals surface area contributed by atoms with E-state index in [1.807, 2.05) is 37.9 Å². The van der Waals surface area contributed by atoms with Gasteiger partial charge in [0.2, 0.25) is 0 Å². The van der Waals surface area contributed by atoms with E-state index in [-0.39, 0.29) is 25.2 Å². The van der Waals surface area contributed by atoms with Crippen molar-refractivity contribution in [2.24, 2.45) is 28.8 Å². The highest BCUT2D eigenvalue weighted by Gasteiger charge is 2.54. The molecule has 0 aromatic heterocycles. The van der Waals surface area contributed by atoms with Gasteiger partial charge >= 0.3 is 5.97 Å². The molecular formula is C43H77N3O14. The van der Waals surface area contributed by atoms with Crippen molar-refractivity contribution in [2.45, 2.75) is 179 Å². The van der Waals surface area contributed by atoms with Crippen molar-refractivity contribution in [3.63, 3.8) is 0 Å². The molecule has 0 amide bonds. The molecule has 0 radical (unpaired) electrons. The fourth-order valence-electron chi connectivity index (χ4n) is 8.92. The number of ether oxygens (including phenoxy) is 6. The van der Waals surface area contributed by atoms with Crippen molar-refractivity contribution in [1.82, 2.24) is 9.80 Å². The molecule has 6 N–H and O–H groups in total. The summed E-state index contributed by atoms with van der Waals surface area (Å²) in [6, 6.07) is -0.470. The molecule has 17 nitrogen and oxygen atoms in total. The zero-order valence-corrected chi connectivity index (χ0v) is 38.2. The minimum Gasteiger partial charge on any atom is -0.459 e. The van der Waals surface area contributed by atoms with Crippen LogP contribution in [0.2, 0.25) is 0 Å². The summed E-state index contributed by atoms with van der Waals surface area (Å²) in [6.45, 7) is 16.0. The van der Waals surface area contributed by atoms with Gasteiger partial charge in [-0.2, -0.15) is 0 Å². The van der Waals surface area contributed by atoms with Gasteiger partial charge in [-0.3, -0.25) is 9.69 Å². The molecule has 3 heterocycles. The molecule has 17 atom stereocenters. The molecule has 3 aliphatic heterocycles. The van der Waals surface area contributed by atoms with E-state index in [0.717, 1.165) is 0 Å². The first-order valence-corrected chi connectivity index (χ1v) is 21.4. The molecular weight excluding hydrogens is 782 g/mol. The largest absolute Gasteiger partial charge is 0.459 e. The fraction of sp³-hybridized carbons (Fsp3) is 0.907. The molecule has 17 heteroatoms. The van der Waals surface area contributed by atoms with E-state index < -0.39 is 121 Å². The summed E-state index contributed by atoms with van der Waals surface area (Å²) in [5.41, 5.74) is -2.91. The van der Waals surface area contributed by atoms with Crippen molar-refractivity contribution in [3.05, 3.63) is 0 Å². The van der Waals surface area contributed by atoms with Gasteiger partial charge in [-0.25, -0.2) is 0 Å². The molecule has 60 heavy (non-hydrogen) atoms. The second-order valence-electron chi connectivity index (χ2n) is 18.2. The Bertz CT molecular complexity index is 1430. The molecule has 3 aliphatic rings. The van der Waals surface area contributed by atoms with Crippen molar-refractivity contribution in [2.75, 3.05) is 47.9 Å². The van der Waals surface area contributed by atoms with Gasteiger partial charge in [0.15, 0.2) is 18.4 Å². The summed E-state index contributed by atoms with van der Waals surface area (Å²) >= 11 is 0. The molecule has 0 aromatic rings. The summed E-state index contributed by atoms with van der Waals surface area (Å²) in [6.07, 6.45) is -5.46. The number of likely N-dealkylation sites (N-methyl/N-ethyl adjacent to an activating group) is 2. The van der Waals surface area contributed by atoms with E-state index in [1.54, 1.807) is 48.5 Å². The number of cyclic esters (lactones) is 1. The van der Waals surface area contributed by atoms with Crippen LogP contribution >= 0.6 is 0 Å². The van der Waals surface area contributed by atoms with Gasteiger partial charge in [-0.05, 0) is 68.6 Å². The second-order valence-corrected chi connectivity index (χ2v) is 18.2. The Hall–Kier alpha value is -2.02. The molecule has 0 bridgehead atoms. The molecule has 3 rings (SSSR count). The highest BCUT2D eigenvalue weighted by atomic mass is 16.7. The standard InChI is InChI=1S/C43H77N3O14/c1-15-17-18-46(13)30-21-25(4)56-40(34(30)47)60-38-27(6)35(59-32-23-41(9,54-14)37(49)29(8)57-32)28(7)39(50)58-31(16-2)42(10,51)36(48)26(5)33(24(3)22-43(38,52)53)44-55-20-19-45(11)12/h1,24-32,34-38,40,47-49,51-53H,16-23H2,2-14H3/t24-,25-,26+,27+,28-,29+,30+,31-,32?,34+,35+,36-,37+,38-,40?,41-,42-/m1/s1. The normalized spacial score (nSPS) is 43.0. The van der Waals surface area contributed by atoms with Crippen molar-refractivity contribution >= 4 is 11.7 Å².